The number of ether oxygens (including phenoxy) is 2. The van der Waals surface area contributed by atoms with Gasteiger partial charge in [-0.05, 0) is 13.0 Å². The molecule has 4 heteroatoms. The highest BCUT2D eigenvalue weighted by atomic mass is 16.7. The molecule has 0 aromatic carbocycles. The molecule has 4 nitrogen and oxygen atoms in total. The maximum Gasteiger partial charge on any atom is 0.158 e. The van der Waals surface area contributed by atoms with Crippen LogP contribution in [0.4, 0.5) is 0 Å². The molecule has 0 N–H and O–H groups in total. The molecule has 0 aliphatic carbocycles. The summed E-state index contributed by atoms with van der Waals surface area (Å²) in [7, 11) is 0. The summed E-state index contributed by atoms with van der Waals surface area (Å²) in [6.07, 6.45) is 2.47. The molecule has 0 unspecified atom stereocenters. The molecule has 86 valence electrons. The molecule has 0 spiro atoms. The van der Waals surface area contributed by atoms with Crippen LogP contribution in [-0.2, 0) is 9.47 Å². The third-order valence-electron chi connectivity index (χ3n) is 2.56. The number of hydrogen-bond donors (Lipinski definition) is 0. The topological polar surface area (TPSA) is 45.5 Å². The quantitative estimate of drug-likeness (QED) is 0.667. The second-order valence-corrected chi connectivity index (χ2v) is 3.66. The van der Waals surface area contributed by atoms with Crippen LogP contribution in [0.3, 0.4) is 0 Å². The van der Waals surface area contributed by atoms with Crippen LogP contribution >= 0.6 is 0 Å². The minimum atomic E-state index is -0.0325. The van der Waals surface area contributed by atoms with Gasteiger partial charge in [0.1, 0.15) is 0 Å². The minimum absolute atomic E-state index is 0.0325. The predicted octanol–water partition coefficient (Wildman–Crippen LogP) is 1.38. The van der Waals surface area contributed by atoms with Gasteiger partial charge in [0.15, 0.2) is 6.29 Å². The maximum atomic E-state index is 8.50. The average Bonchev–Trinajstić information content (AvgIpc) is 2.31. The Labute approximate surface area is 91.8 Å². The zero-order chi connectivity index (χ0) is 10.9. The molecule has 0 amide bonds. The molecule has 0 bridgehead atoms. The average molecular weight is 212 g/mol. The number of nitriles is 1. The molecule has 0 radical (unpaired) electrons. The Morgan fingerprint density at radius 2 is 2.07 bits per heavy atom. The monoisotopic (exact) mass is 212 g/mol. The first-order valence-electron chi connectivity index (χ1n) is 5.69. The zero-order valence-corrected chi connectivity index (χ0v) is 9.45. The molecule has 0 aromatic heterocycles. The Morgan fingerprint density at radius 1 is 1.33 bits per heavy atom. The van der Waals surface area contributed by atoms with Crippen molar-refractivity contribution in [2.24, 2.45) is 0 Å². The predicted molar refractivity (Wildman–Crippen MR) is 57.3 cm³/mol. The molecule has 1 saturated heterocycles. The molecule has 1 rings (SSSR count). The summed E-state index contributed by atoms with van der Waals surface area (Å²) in [5, 5.41) is 8.50. The first-order chi connectivity index (χ1) is 7.36. The van der Waals surface area contributed by atoms with Crippen molar-refractivity contribution < 1.29 is 9.47 Å². The van der Waals surface area contributed by atoms with E-state index in [0.717, 1.165) is 45.7 Å². The van der Waals surface area contributed by atoms with Crippen molar-refractivity contribution in [3.05, 3.63) is 0 Å². The van der Waals surface area contributed by atoms with Gasteiger partial charge in [0.25, 0.3) is 0 Å². The third kappa shape index (κ3) is 5.12. The van der Waals surface area contributed by atoms with Crippen molar-refractivity contribution in [3.63, 3.8) is 0 Å². The lowest BCUT2D eigenvalue weighted by molar-refractivity contribution is -0.182. The molecular formula is C11H20N2O2. The van der Waals surface area contributed by atoms with E-state index < -0.39 is 0 Å². The lowest BCUT2D eigenvalue weighted by Gasteiger charge is -2.26. The molecule has 0 saturated carbocycles. The molecule has 0 atom stereocenters. The van der Waals surface area contributed by atoms with E-state index in [-0.39, 0.29) is 6.29 Å². The van der Waals surface area contributed by atoms with Crippen LogP contribution in [0.25, 0.3) is 0 Å². The van der Waals surface area contributed by atoms with E-state index in [0.29, 0.717) is 6.42 Å². The van der Waals surface area contributed by atoms with Crippen molar-refractivity contribution in [2.45, 2.75) is 32.5 Å². The van der Waals surface area contributed by atoms with Gasteiger partial charge in [-0.2, -0.15) is 5.26 Å². The van der Waals surface area contributed by atoms with Crippen molar-refractivity contribution in [3.8, 4) is 6.07 Å². The first kappa shape index (κ1) is 12.4. The fourth-order valence-corrected chi connectivity index (χ4v) is 1.63. The molecule has 1 heterocycles. The van der Waals surface area contributed by atoms with Crippen LogP contribution in [0.5, 0.6) is 0 Å². The van der Waals surface area contributed by atoms with Gasteiger partial charge >= 0.3 is 0 Å². The fourth-order valence-electron chi connectivity index (χ4n) is 1.63. The fraction of sp³-hybridized carbons (Fsp3) is 0.909. The molecule has 0 aromatic rings. The van der Waals surface area contributed by atoms with E-state index in [1.54, 1.807) is 0 Å². The Hall–Kier alpha value is -0.630. The summed E-state index contributed by atoms with van der Waals surface area (Å²) in [6.45, 7) is 6.51. The Kier molecular flexibility index (Phi) is 6.33. The Balaban J connectivity index is 2.12. The van der Waals surface area contributed by atoms with Crippen molar-refractivity contribution >= 4 is 0 Å². The highest BCUT2D eigenvalue weighted by molar-refractivity contribution is 4.72. The minimum Gasteiger partial charge on any atom is -0.353 e. The molecule has 1 aliphatic rings. The van der Waals surface area contributed by atoms with E-state index in [2.05, 4.69) is 17.9 Å². The highest BCUT2D eigenvalue weighted by Gasteiger charge is 2.14. The van der Waals surface area contributed by atoms with Gasteiger partial charge in [-0.3, -0.25) is 0 Å². The molecule has 1 fully saturated rings. The zero-order valence-electron chi connectivity index (χ0n) is 9.45. The van der Waals surface area contributed by atoms with E-state index in [4.69, 9.17) is 14.7 Å². The number of rotatable bonds is 6. The normalized spacial score (nSPS) is 17.9. The lowest BCUT2D eigenvalue weighted by atomic mass is 10.3. The van der Waals surface area contributed by atoms with Crippen LogP contribution in [0, 0.1) is 11.3 Å². The van der Waals surface area contributed by atoms with Gasteiger partial charge in [-0.1, -0.05) is 6.92 Å². The molecule has 15 heavy (non-hydrogen) atoms. The smallest absolute Gasteiger partial charge is 0.158 e. The van der Waals surface area contributed by atoms with Crippen LogP contribution in [0.1, 0.15) is 26.2 Å². The molecular weight excluding hydrogens is 192 g/mol. The van der Waals surface area contributed by atoms with E-state index in [1.807, 2.05) is 0 Å². The SMILES string of the molecule is CCN(CCC#N)CCC1OCCCO1. The first-order valence-corrected chi connectivity index (χ1v) is 5.69. The van der Waals surface area contributed by atoms with Crippen molar-refractivity contribution in [2.75, 3.05) is 32.8 Å². The summed E-state index contributed by atoms with van der Waals surface area (Å²) in [6, 6.07) is 2.17. The van der Waals surface area contributed by atoms with Gasteiger partial charge in [-0.15, -0.1) is 0 Å². The van der Waals surface area contributed by atoms with Gasteiger partial charge in [0.2, 0.25) is 0 Å². The van der Waals surface area contributed by atoms with Crippen molar-refractivity contribution in [1.82, 2.24) is 4.90 Å². The van der Waals surface area contributed by atoms with Crippen molar-refractivity contribution in [1.29, 1.82) is 5.26 Å². The van der Waals surface area contributed by atoms with E-state index in [1.165, 1.54) is 0 Å². The molecule has 1 aliphatic heterocycles. The summed E-state index contributed by atoms with van der Waals surface area (Å²) in [5.41, 5.74) is 0. The van der Waals surface area contributed by atoms with Crippen LogP contribution in [-0.4, -0.2) is 44.0 Å². The van der Waals surface area contributed by atoms with E-state index in [9.17, 15) is 0 Å². The van der Waals surface area contributed by atoms with Crippen LogP contribution in [0.15, 0.2) is 0 Å². The second kappa shape index (κ2) is 7.63. The number of hydrogen-bond acceptors (Lipinski definition) is 4. The highest BCUT2D eigenvalue weighted by Crippen LogP contribution is 2.09. The summed E-state index contributed by atoms with van der Waals surface area (Å²) < 4.78 is 10.9. The maximum absolute atomic E-state index is 8.50. The van der Waals surface area contributed by atoms with Gasteiger partial charge in [0, 0.05) is 25.9 Å². The summed E-state index contributed by atoms with van der Waals surface area (Å²) in [4.78, 5) is 2.25. The Bertz CT molecular complexity index is 197. The van der Waals surface area contributed by atoms with Gasteiger partial charge in [0.05, 0.1) is 19.3 Å². The van der Waals surface area contributed by atoms with Gasteiger partial charge in [-0.25, -0.2) is 0 Å². The third-order valence-corrected chi connectivity index (χ3v) is 2.56. The lowest BCUT2D eigenvalue weighted by Crippen LogP contribution is -2.32. The van der Waals surface area contributed by atoms with Crippen LogP contribution < -0.4 is 0 Å². The van der Waals surface area contributed by atoms with Gasteiger partial charge < -0.3 is 14.4 Å². The summed E-state index contributed by atoms with van der Waals surface area (Å²) in [5.74, 6) is 0. The second-order valence-electron chi connectivity index (χ2n) is 3.66. The Morgan fingerprint density at radius 3 is 2.67 bits per heavy atom. The summed E-state index contributed by atoms with van der Waals surface area (Å²) >= 11 is 0. The largest absolute Gasteiger partial charge is 0.353 e. The van der Waals surface area contributed by atoms with E-state index >= 15 is 0 Å². The van der Waals surface area contributed by atoms with Crippen LogP contribution in [0.2, 0.25) is 0 Å². The standard InChI is InChI=1S/C11H20N2O2/c1-2-13(7-3-6-12)8-5-11-14-9-4-10-15-11/h11H,2-5,7-10H2,1H3. The number of nitrogens with zero attached hydrogens (tertiary/aromatic N) is 2.